The van der Waals surface area contributed by atoms with Crippen molar-refractivity contribution in [1.29, 1.82) is 0 Å². The average Bonchev–Trinajstić information content (AvgIpc) is 3.19. The molecule has 0 aromatic heterocycles. The molecule has 148 valence electrons. The molecule has 2 atom stereocenters. The van der Waals surface area contributed by atoms with E-state index in [0.29, 0.717) is 49.2 Å². The van der Waals surface area contributed by atoms with Crippen molar-refractivity contribution in [2.45, 2.75) is 26.2 Å². The molecule has 3 rings (SSSR count). The minimum absolute atomic E-state index is 0.0158. The van der Waals surface area contributed by atoms with Crippen molar-refractivity contribution < 1.29 is 24.2 Å². The highest BCUT2D eigenvalue weighted by molar-refractivity contribution is 6.32. The Morgan fingerprint density at radius 1 is 1.41 bits per heavy atom. The molecule has 2 fully saturated rings. The smallest absolute Gasteiger partial charge is 0.321 e. The van der Waals surface area contributed by atoms with E-state index in [0.717, 1.165) is 12.8 Å². The minimum Gasteiger partial charge on any atom is -0.487 e. The molecule has 0 bridgehead atoms. The van der Waals surface area contributed by atoms with E-state index in [4.69, 9.17) is 21.1 Å². The lowest BCUT2D eigenvalue weighted by Crippen LogP contribution is -2.38. The van der Waals surface area contributed by atoms with Gasteiger partial charge in [0.05, 0.1) is 22.7 Å². The lowest BCUT2D eigenvalue weighted by molar-refractivity contribution is -0.149. The first-order chi connectivity index (χ1) is 13.0. The van der Waals surface area contributed by atoms with Crippen molar-refractivity contribution in [2.24, 2.45) is 11.3 Å². The molecule has 7 nitrogen and oxygen atoms in total. The standard InChI is InChI=1S/C19H25ClN2O5/c1-2-26-9-10-27-16-14(20)6-3-7-15(16)21-18(25)22-11-13-5-4-8-19(13,12-22)17(23)24/h3,6-7,13H,2,4-5,8-12H2,1H3,(H,21,25)(H,23,24)/t13-,19+/m0/s1. The Labute approximate surface area is 163 Å². The molecule has 1 heterocycles. The molecular formula is C19H25ClN2O5. The summed E-state index contributed by atoms with van der Waals surface area (Å²) in [5.74, 6) is -0.399. The molecule has 1 aliphatic carbocycles. The lowest BCUT2D eigenvalue weighted by Gasteiger charge is -2.23. The molecule has 1 aromatic carbocycles. The number of urea groups is 1. The number of fused-ring (bicyclic) bond motifs is 1. The summed E-state index contributed by atoms with van der Waals surface area (Å²) in [6.45, 7) is 3.92. The number of hydrogen-bond donors (Lipinski definition) is 2. The van der Waals surface area contributed by atoms with Crippen LogP contribution in [0.4, 0.5) is 10.5 Å². The maximum atomic E-state index is 12.7. The number of carbonyl (C=O) groups excluding carboxylic acids is 1. The van der Waals surface area contributed by atoms with Crippen LogP contribution in [0.1, 0.15) is 26.2 Å². The number of halogens is 1. The van der Waals surface area contributed by atoms with Crippen molar-refractivity contribution in [2.75, 3.05) is 38.2 Å². The van der Waals surface area contributed by atoms with E-state index in [1.54, 1.807) is 23.1 Å². The van der Waals surface area contributed by atoms with Crippen LogP contribution in [0.15, 0.2) is 18.2 Å². The summed E-state index contributed by atoms with van der Waals surface area (Å²) in [5, 5.41) is 12.9. The monoisotopic (exact) mass is 396 g/mol. The van der Waals surface area contributed by atoms with Gasteiger partial charge in [-0.2, -0.15) is 0 Å². The van der Waals surface area contributed by atoms with Gasteiger partial charge in [0.2, 0.25) is 0 Å². The summed E-state index contributed by atoms with van der Waals surface area (Å²) in [6, 6.07) is 4.79. The van der Waals surface area contributed by atoms with Crippen LogP contribution in [-0.2, 0) is 9.53 Å². The summed E-state index contributed by atoms with van der Waals surface area (Å²) in [6.07, 6.45) is 2.37. The van der Waals surface area contributed by atoms with E-state index in [2.05, 4.69) is 5.32 Å². The Hall–Kier alpha value is -1.99. The molecule has 0 radical (unpaired) electrons. The van der Waals surface area contributed by atoms with Crippen LogP contribution in [0.2, 0.25) is 5.02 Å². The highest BCUT2D eigenvalue weighted by atomic mass is 35.5. The predicted octanol–water partition coefficient (Wildman–Crippen LogP) is 3.47. The van der Waals surface area contributed by atoms with Crippen molar-refractivity contribution in [3.63, 3.8) is 0 Å². The number of carboxylic acids is 1. The molecule has 1 saturated heterocycles. The number of nitrogens with one attached hydrogen (secondary N) is 1. The summed E-state index contributed by atoms with van der Waals surface area (Å²) in [4.78, 5) is 26.1. The highest BCUT2D eigenvalue weighted by Crippen LogP contribution is 2.49. The molecule has 27 heavy (non-hydrogen) atoms. The number of hydrogen-bond acceptors (Lipinski definition) is 4. The first-order valence-electron chi connectivity index (χ1n) is 9.26. The quantitative estimate of drug-likeness (QED) is 0.689. The van der Waals surface area contributed by atoms with Gasteiger partial charge in [-0.05, 0) is 37.8 Å². The molecule has 0 spiro atoms. The topological polar surface area (TPSA) is 88.1 Å². The Kier molecular flexibility index (Phi) is 6.11. The second kappa shape index (κ2) is 8.35. The third-order valence-electron chi connectivity index (χ3n) is 5.47. The predicted molar refractivity (Wildman–Crippen MR) is 101 cm³/mol. The molecule has 2 aliphatic rings. The van der Waals surface area contributed by atoms with Gasteiger partial charge in [0.1, 0.15) is 6.61 Å². The van der Waals surface area contributed by atoms with Crippen LogP contribution in [-0.4, -0.2) is 54.9 Å². The van der Waals surface area contributed by atoms with Crippen LogP contribution in [0.3, 0.4) is 0 Å². The van der Waals surface area contributed by atoms with Gasteiger partial charge in [0, 0.05) is 19.7 Å². The average molecular weight is 397 g/mol. The summed E-state index contributed by atoms with van der Waals surface area (Å²) >= 11 is 6.22. The number of rotatable bonds is 7. The molecular weight excluding hydrogens is 372 g/mol. The molecule has 2 amide bonds. The first-order valence-corrected chi connectivity index (χ1v) is 9.64. The molecule has 0 unspecified atom stereocenters. The Balaban J connectivity index is 1.68. The zero-order chi connectivity index (χ0) is 19.4. The maximum Gasteiger partial charge on any atom is 0.321 e. The molecule has 2 N–H and O–H groups in total. The Morgan fingerprint density at radius 3 is 2.93 bits per heavy atom. The second-order valence-electron chi connectivity index (χ2n) is 7.02. The minimum atomic E-state index is -0.803. The van der Waals surface area contributed by atoms with Crippen molar-refractivity contribution in [3.05, 3.63) is 23.2 Å². The van der Waals surface area contributed by atoms with E-state index < -0.39 is 11.4 Å². The SMILES string of the molecule is CCOCCOc1c(Cl)cccc1NC(=O)N1C[C@@H]2CCC[C@@]2(C(=O)O)C1. The number of benzene rings is 1. The fourth-order valence-electron chi connectivity index (χ4n) is 4.09. The molecule has 8 heteroatoms. The maximum absolute atomic E-state index is 12.7. The fourth-order valence-corrected chi connectivity index (χ4v) is 4.32. The van der Waals surface area contributed by atoms with Gasteiger partial charge in [-0.1, -0.05) is 24.1 Å². The number of amides is 2. The van der Waals surface area contributed by atoms with Crippen LogP contribution in [0.5, 0.6) is 5.75 Å². The molecule has 1 aromatic rings. The normalized spacial score (nSPS) is 23.9. The number of nitrogens with zero attached hydrogens (tertiary/aromatic N) is 1. The van der Waals surface area contributed by atoms with Gasteiger partial charge in [-0.15, -0.1) is 0 Å². The van der Waals surface area contributed by atoms with Crippen LogP contribution < -0.4 is 10.1 Å². The van der Waals surface area contributed by atoms with E-state index in [-0.39, 0.29) is 18.5 Å². The van der Waals surface area contributed by atoms with Gasteiger partial charge in [0.25, 0.3) is 0 Å². The summed E-state index contributed by atoms with van der Waals surface area (Å²) < 4.78 is 10.9. The third kappa shape index (κ3) is 3.99. The van der Waals surface area contributed by atoms with Gasteiger partial charge >= 0.3 is 12.0 Å². The Bertz CT molecular complexity index is 713. The van der Waals surface area contributed by atoms with Crippen molar-refractivity contribution >= 4 is 29.3 Å². The first kappa shape index (κ1) is 19.8. The number of ether oxygens (including phenoxy) is 2. The second-order valence-corrected chi connectivity index (χ2v) is 7.43. The van der Waals surface area contributed by atoms with E-state index in [1.165, 1.54) is 0 Å². The van der Waals surface area contributed by atoms with Crippen LogP contribution >= 0.6 is 11.6 Å². The van der Waals surface area contributed by atoms with Crippen molar-refractivity contribution in [1.82, 2.24) is 4.90 Å². The van der Waals surface area contributed by atoms with Gasteiger partial charge < -0.3 is 24.8 Å². The van der Waals surface area contributed by atoms with Gasteiger partial charge in [-0.25, -0.2) is 4.79 Å². The van der Waals surface area contributed by atoms with E-state index >= 15 is 0 Å². The summed E-state index contributed by atoms with van der Waals surface area (Å²) in [5.41, 5.74) is -0.340. The fraction of sp³-hybridized carbons (Fsp3) is 0.579. The highest BCUT2D eigenvalue weighted by Gasteiger charge is 2.55. The zero-order valence-electron chi connectivity index (χ0n) is 15.4. The van der Waals surface area contributed by atoms with Crippen molar-refractivity contribution in [3.8, 4) is 5.75 Å². The molecule has 1 aliphatic heterocycles. The molecule has 1 saturated carbocycles. The third-order valence-corrected chi connectivity index (χ3v) is 5.77. The number of para-hydroxylation sites is 1. The summed E-state index contributed by atoms with van der Waals surface area (Å²) in [7, 11) is 0. The zero-order valence-corrected chi connectivity index (χ0v) is 16.1. The number of likely N-dealkylation sites (tertiary alicyclic amines) is 1. The van der Waals surface area contributed by atoms with Gasteiger partial charge in [0.15, 0.2) is 5.75 Å². The lowest BCUT2D eigenvalue weighted by atomic mass is 9.81. The largest absolute Gasteiger partial charge is 0.487 e. The number of anilines is 1. The number of carboxylic acid groups (broad SMARTS) is 1. The number of aliphatic carboxylic acids is 1. The Morgan fingerprint density at radius 2 is 2.22 bits per heavy atom. The van der Waals surface area contributed by atoms with E-state index in [1.807, 2.05) is 6.92 Å². The van der Waals surface area contributed by atoms with Gasteiger partial charge in [-0.3, -0.25) is 4.79 Å². The van der Waals surface area contributed by atoms with E-state index in [9.17, 15) is 14.7 Å². The number of carbonyl (C=O) groups is 2. The van der Waals surface area contributed by atoms with Crippen LogP contribution in [0, 0.1) is 11.3 Å². The van der Waals surface area contributed by atoms with Crippen LogP contribution in [0.25, 0.3) is 0 Å².